The second-order valence-corrected chi connectivity index (χ2v) is 9.86. The summed E-state index contributed by atoms with van der Waals surface area (Å²) in [5.41, 5.74) is 1.24. The molecule has 0 fully saturated rings. The van der Waals surface area contributed by atoms with Gasteiger partial charge in [-0.15, -0.1) is 0 Å². The Morgan fingerprint density at radius 3 is 1.84 bits per heavy atom. The van der Waals surface area contributed by atoms with Gasteiger partial charge in [0, 0.05) is 6.61 Å². The van der Waals surface area contributed by atoms with E-state index in [1.807, 2.05) is 17.8 Å². The summed E-state index contributed by atoms with van der Waals surface area (Å²) in [6.45, 7) is 4.52. The van der Waals surface area contributed by atoms with Crippen molar-refractivity contribution in [2.24, 2.45) is 0 Å². The van der Waals surface area contributed by atoms with Gasteiger partial charge in [-0.25, -0.2) is 0 Å². The van der Waals surface area contributed by atoms with Crippen LogP contribution in [0.2, 0.25) is 0 Å². The van der Waals surface area contributed by atoms with E-state index in [0.29, 0.717) is 6.61 Å². The number of ether oxygens (including phenoxy) is 2. The molecule has 0 saturated carbocycles. The molecule has 0 amide bonds. The lowest BCUT2D eigenvalue weighted by molar-refractivity contribution is -0.0295. The molecular weight excluding hydrogens is 400 g/mol. The molecule has 1 aromatic rings. The summed E-state index contributed by atoms with van der Waals surface area (Å²) in [5.74, 6) is 1.34. The van der Waals surface area contributed by atoms with Gasteiger partial charge < -0.3 is 9.47 Å². The van der Waals surface area contributed by atoms with E-state index in [1.165, 1.54) is 94.8 Å². The van der Waals surface area contributed by atoms with E-state index in [0.717, 1.165) is 26.1 Å². The fourth-order valence-electron chi connectivity index (χ4n) is 3.93. The standard InChI is InChI=1S/C28H50O2S/c1-3-20-28(30-25-27-21-16-15-17-22-27)26-29-23-18-13-11-9-7-5-4-6-8-10-12-14-19-24-31-2/h15-17,21-22,28H,3-14,18-20,23-26H2,1-2H3. The molecule has 0 bridgehead atoms. The highest BCUT2D eigenvalue weighted by Crippen LogP contribution is 2.13. The average Bonchev–Trinajstić information content (AvgIpc) is 2.80. The average molecular weight is 451 g/mol. The Hall–Kier alpha value is -0.510. The summed E-state index contributed by atoms with van der Waals surface area (Å²) >= 11 is 1.98. The van der Waals surface area contributed by atoms with Gasteiger partial charge in [-0.05, 0) is 36.8 Å². The van der Waals surface area contributed by atoms with Crippen molar-refractivity contribution in [2.45, 2.75) is 116 Å². The summed E-state index contributed by atoms with van der Waals surface area (Å²) in [6.07, 6.45) is 22.8. The Morgan fingerprint density at radius 2 is 1.29 bits per heavy atom. The van der Waals surface area contributed by atoms with Crippen LogP contribution in [0.5, 0.6) is 0 Å². The van der Waals surface area contributed by atoms with Crippen molar-refractivity contribution in [3.63, 3.8) is 0 Å². The van der Waals surface area contributed by atoms with Crippen molar-refractivity contribution in [3.8, 4) is 0 Å². The molecule has 1 aromatic carbocycles. The van der Waals surface area contributed by atoms with Gasteiger partial charge in [0.25, 0.3) is 0 Å². The fourth-order valence-corrected chi connectivity index (χ4v) is 4.43. The first kappa shape index (κ1) is 28.5. The van der Waals surface area contributed by atoms with Crippen LogP contribution in [-0.4, -0.2) is 31.3 Å². The van der Waals surface area contributed by atoms with Crippen molar-refractivity contribution < 1.29 is 9.47 Å². The molecule has 0 radical (unpaired) electrons. The highest BCUT2D eigenvalue weighted by molar-refractivity contribution is 7.98. The van der Waals surface area contributed by atoms with Crippen LogP contribution in [0.1, 0.15) is 109 Å². The molecule has 0 saturated heterocycles. The van der Waals surface area contributed by atoms with Crippen LogP contribution in [-0.2, 0) is 16.1 Å². The minimum absolute atomic E-state index is 0.223. The molecule has 3 heteroatoms. The Balaban J connectivity index is 1.84. The summed E-state index contributed by atoms with van der Waals surface area (Å²) in [7, 11) is 0. The Morgan fingerprint density at radius 1 is 0.742 bits per heavy atom. The van der Waals surface area contributed by atoms with Crippen LogP contribution in [0.4, 0.5) is 0 Å². The van der Waals surface area contributed by atoms with Crippen molar-refractivity contribution in [1.82, 2.24) is 0 Å². The topological polar surface area (TPSA) is 18.5 Å². The van der Waals surface area contributed by atoms with Crippen molar-refractivity contribution in [3.05, 3.63) is 35.9 Å². The Labute approximate surface area is 198 Å². The molecule has 0 aliphatic carbocycles. The molecule has 0 spiro atoms. The Kier molecular flexibility index (Phi) is 20.9. The first-order valence-electron chi connectivity index (χ1n) is 13.1. The van der Waals surface area contributed by atoms with Crippen LogP contribution in [0.25, 0.3) is 0 Å². The number of hydrogen-bond acceptors (Lipinski definition) is 3. The van der Waals surface area contributed by atoms with Crippen molar-refractivity contribution in [2.75, 3.05) is 25.2 Å². The van der Waals surface area contributed by atoms with Gasteiger partial charge in [-0.2, -0.15) is 11.8 Å². The van der Waals surface area contributed by atoms with Gasteiger partial charge in [0.05, 0.1) is 19.3 Å². The van der Waals surface area contributed by atoms with E-state index < -0.39 is 0 Å². The Bertz CT molecular complexity index is 465. The molecule has 0 aliphatic heterocycles. The van der Waals surface area contributed by atoms with Crippen LogP contribution >= 0.6 is 11.8 Å². The number of thioether (sulfide) groups is 1. The molecule has 0 aromatic heterocycles. The van der Waals surface area contributed by atoms with E-state index in [1.54, 1.807) is 0 Å². The normalized spacial score (nSPS) is 12.3. The molecule has 1 rings (SSSR count). The highest BCUT2D eigenvalue weighted by atomic mass is 32.2. The zero-order chi connectivity index (χ0) is 22.2. The third kappa shape index (κ3) is 18.7. The number of rotatable bonds is 23. The zero-order valence-corrected chi connectivity index (χ0v) is 21.4. The molecule has 0 heterocycles. The third-order valence-electron chi connectivity index (χ3n) is 5.88. The minimum atomic E-state index is 0.223. The van der Waals surface area contributed by atoms with Gasteiger partial charge in [0.2, 0.25) is 0 Å². The molecule has 2 nitrogen and oxygen atoms in total. The smallest absolute Gasteiger partial charge is 0.0812 e. The molecule has 31 heavy (non-hydrogen) atoms. The maximum atomic E-state index is 6.07. The van der Waals surface area contributed by atoms with E-state index in [9.17, 15) is 0 Å². The van der Waals surface area contributed by atoms with Gasteiger partial charge in [0.15, 0.2) is 0 Å². The summed E-state index contributed by atoms with van der Waals surface area (Å²) in [6, 6.07) is 10.4. The van der Waals surface area contributed by atoms with E-state index >= 15 is 0 Å². The third-order valence-corrected chi connectivity index (χ3v) is 6.58. The quantitative estimate of drug-likeness (QED) is 0.155. The predicted molar refractivity (Wildman–Crippen MR) is 139 cm³/mol. The largest absolute Gasteiger partial charge is 0.379 e. The minimum Gasteiger partial charge on any atom is -0.379 e. The first-order chi connectivity index (χ1) is 15.4. The van der Waals surface area contributed by atoms with Gasteiger partial charge in [-0.3, -0.25) is 0 Å². The van der Waals surface area contributed by atoms with Gasteiger partial charge >= 0.3 is 0 Å². The fraction of sp³-hybridized carbons (Fsp3) is 0.786. The monoisotopic (exact) mass is 450 g/mol. The molecule has 0 N–H and O–H groups in total. The lowest BCUT2D eigenvalue weighted by Gasteiger charge is -2.17. The maximum absolute atomic E-state index is 6.07. The van der Waals surface area contributed by atoms with Gasteiger partial charge in [0.1, 0.15) is 0 Å². The summed E-state index contributed by atoms with van der Waals surface area (Å²) in [4.78, 5) is 0. The lowest BCUT2D eigenvalue weighted by atomic mass is 10.0. The molecule has 1 atom stereocenters. The van der Waals surface area contributed by atoms with Crippen LogP contribution in [0, 0.1) is 0 Å². The molecular formula is C28H50O2S. The lowest BCUT2D eigenvalue weighted by Crippen LogP contribution is -2.20. The van der Waals surface area contributed by atoms with Crippen molar-refractivity contribution >= 4 is 11.8 Å². The van der Waals surface area contributed by atoms with Crippen molar-refractivity contribution in [1.29, 1.82) is 0 Å². The number of hydrogen-bond donors (Lipinski definition) is 0. The highest BCUT2D eigenvalue weighted by Gasteiger charge is 2.08. The number of benzene rings is 1. The molecule has 0 aliphatic rings. The first-order valence-corrected chi connectivity index (χ1v) is 14.5. The van der Waals surface area contributed by atoms with E-state index in [4.69, 9.17) is 9.47 Å². The summed E-state index contributed by atoms with van der Waals surface area (Å²) in [5, 5.41) is 0. The van der Waals surface area contributed by atoms with Crippen LogP contribution in [0.3, 0.4) is 0 Å². The van der Waals surface area contributed by atoms with E-state index in [2.05, 4.69) is 37.4 Å². The van der Waals surface area contributed by atoms with Gasteiger partial charge in [-0.1, -0.05) is 114 Å². The SMILES string of the molecule is CCCC(COCCCCCCCCCCCCCCCSC)OCc1ccccc1. The second kappa shape index (κ2) is 22.7. The number of unbranched alkanes of at least 4 members (excludes halogenated alkanes) is 12. The molecule has 1 unspecified atom stereocenters. The summed E-state index contributed by atoms with van der Waals surface area (Å²) < 4.78 is 12.0. The van der Waals surface area contributed by atoms with Crippen LogP contribution in [0.15, 0.2) is 30.3 Å². The van der Waals surface area contributed by atoms with E-state index in [-0.39, 0.29) is 6.10 Å². The second-order valence-electron chi connectivity index (χ2n) is 8.87. The van der Waals surface area contributed by atoms with Crippen LogP contribution < -0.4 is 0 Å². The maximum Gasteiger partial charge on any atom is 0.0812 e. The molecule has 180 valence electrons. The predicted octanol–water partition coefficient (Wildman–Crippen LogP) is 8.82. The zero-order valence-electron chi connectivity index (χ0n) is 20.6.